The molecule has 0 saturated heterocycles. The first-order valence-corrected chi connectivity index (χ1v) is 13.7. The molecule has 1 atom stereocenters. The molecule has 0 saturated carbocycles. The SMILES string of the molecule is CN(C(=O)COc1cccc2ccccc12)C(COCc1ccccc1)C(=O)Nc1ccc(Oc2ccccc2)cc1. The molecular formula is C35H32N2O5. The van der Waals surface area contributed by atoms with E-state index in [0.29, 0.717) is 23.8 Å². The highest BCUT2D eigenvalue weighted by molar-refractivity contribution is 5.97. The van der Waals surface area contributed by atoms with E-state index in [0.717, 1.165) is 22.1 Å². The minimum Gasteiger partial charge on any atom is -0.483 e. The number of carbonyl (C=O) groups is 2. The van der Waals surface area contributed by atoms with E-state index in [1.54, 1.807) is 31.3 Å². The standard InChI is InChI=1S/C35H32N2O5/c1-37(34(38)25-41-33-18-10-14-27-13-8-9-17-31(27)33)32(24-40-23-26-11-4-2-5-12-26)35(39)36-28-19-21-30(22-20-28)42-29-15-6-3-7-16-29/h2-22,32H,23-25H2,1H3,(H,36,39). The maximum atomic E-state index is 13.5. The number of ether oxygens (including phenoxy) is 3. The van der Waals surface area contributed by atoms with Crippen molar-refractivity contribution in [2.75, 3.05) is 25.6 Å². The molecule has 0 bridgehead atoms. The molecule has 42 heavy (non-hydrogen) atoms. The van der Waals surface area contributed by atoms with Crippen LogP contribution in [0.3, 0.4) is 0 Å². The molecule has 0 aliphatic rings. The van der Waals surface area contributed by atoms with Crippen molar-refractivity contribution < 1.29 is 23.8 Å². The number of anilines is 1. The summed E-state index contributed by atoms with van der Waals surface area (Å²) in [6.07, 6.45) is 0. The molecule has 5 rings (SSSR count). The second-order valence-corrected chi connectivity index (χ2v) is 9.72. The fourth-order valence-corrected chi connectivity index (χ4v) is 4.42. The van der Waals surface area contributed by atoms with Gasteiger partial charge in [0.2, 0.25) is 5.91 Å². The molecule has 5 aromatic rings. The summed E-state index contributed by atoms with van der Waals surface area (Å²) in [5, 5.41) is 4.84. The van der Waals surface area contributed by atoms with E-state index in [9.17, 15) is 9.59 Å². The number of likely N-dealkylation sites (N-methyl/N-ethyl adjacent to an activating group) is 1. The Morgan fingerprint density at radius 2 is 1.38 bits per heavy atom. The Balaban J connectivity index is 1.25. The maximum absolute atomic E-state index is 13.5. The van der Waals surface area contributed by atoms with Crippen LogP contribution in [0, 0.1) is 0 Å². The zero-order valence-corrected chi connectivity index (χ0v) is 23.3. The van der Waals surface area contributed by atoms with Gasteiger partial charge in [-0.15, -0.1) is 0 Å². The van der Waals surface area contributed by atoms with Gasteiger partial charge in [0.05, 0.1) is 13.2 Å². The van der Waals surface area contributed by atoms with Crippen LogP contribution in [0.2, 0.25) is 0 Å². The molecule has 0 aliphatic carbocycles. The average molecular weight is 561 g/mol. The molecule has 0 heterocycles. The van der Waals surface area contributed by atoms with Gasteiger partial charge in [-0.3, -0.25) is 9.59 Å². The Labute approximate surface area is 245 Å². The molecule has 1 unspecified atom stereocenters. The average Bonchev–Trinajstić information content (AvgIpc) is 3.03. The summed E-state index contributed by atoms with van der Waals surface area (Å²) >= 11 is 0. The van der Waals surface area contributed by atoms with Crippen molar-refractivity contribution in [3.63, 3.8) is 0 Å². The van der Waals surface area contributed by atoms with Gasteiger partial charge in [-0.25, -0.2) is 0 Å². The van der Waals surface area contributed by atoms with E-state index in [-0.39, 0.29) is 25.0 Å². The molecule has 0 spiro atoms. The van der Waals surface area contributed by atoms with Crippen LogP contribution in [0.5, 0.6) is 17.2 Å². The topological polar surface area (TPSA) is 77.1 Å². The number of para-hydroxylation sites is 1. The van der Waals surface area contributed by atoms with Crippen LogP contribution in [-0.2, 0) is 20.9 Å². The Bertz CT molecular complexity index is 1600. The highest BCUT2D eigenvalue weighted by Gasteiger charge is 2.28. The second-order valence-electron chi connectivity index (χ2n) is 9.72. The van der Waals surface area contributed by atoms with E-state index in [2.05, 4.69) is 5.32 Å². The molecule has 0 fully saturated rings. The van der Waals surface area contributed by atoms with Crippen molar-refractivity contribution in [1.29, 1.82) is 0 Å². The lowest BCUT2D eigenvalue weighted by Crippen LogP contribution is -2.49. The molecule has 7 heteroatoms. The van der Waals surface area contributed by atoms with E-state index in [1.165, 1.54) is 4.90 Å². The van der Waals surface area contributed by atoms with Crippen LogP contribution >= 0.6 is 0 Å². The Kier molecular flexibility index (Phi) is 9.44. The molecule has 0 aromatic heterocycles. The smallest absolute Gasteiger partial charge is 0.261 e. The van der Waals surface area contributed by atoms with Crippen LogP contribution in [0.4, 0.5) is 5.69 Å². The molecule has 2 amide bonds. The molecule has 0 radical (unpaired) electrons. The molecule has 7 nitrogen and oxygen atoms in total. The van der Waals surface area contributed by atoms with E-state index < -0.39 is 6.04 Å². The molecular weight excluding hydrogens is 528 g/mol. The van der Waals surface area contributed by atoms with Crippen LogP contribution in [0.1, 0.15) is 5.56 Å². The number of benzene rings is 5. The number of nitrogens with one attached hydrogen (secondary N) is 1. The second kappa shape index (κ2) is 14.0. The maximum Gasteiger partial charge on any atom is 0.261 e. The number of nitrogens with zero attached hydrogens (tertiary/aromatic N) is 1. The highest BCUT2D eigenvalue weighted by atomic mass is 16.5. The van der Waals surface area contributed by atoms with Crippen molar-refractivity contribution in [3.05, 3.63) is 133 Å². The predicted molar refractivity (Wildman–Crippen MR) is 164 cm³/mol. The number of fused-ring (bicyclic) bond motifs is 1. The Hall–Kier alpha value is -5.14. The van der Waals surface area contributed by atoms with Crippen molar-refractivity contribution >= 4 is 28.3 Å². The van der Waals surface area contributed by atoms with E-state index >= 15 is 0 Å². The fraction of sp³-hybridized carbons (Fsp3) is 0.143. The summed E-state index contributed by atoms with van der Waals surface area (Å²) in [6, 6.07) is 38.8. The molecule has 212 valence electrons. The Morgan fingerprint density at radius 3 is 2.14 bits per heavy atom. The van der Waals surface area contributed by atoms with Crippen molar-refractivity contribution in [1.82, 2.24) is 4.90 Å². The monoisotopic (exact) mass is 560 g/mol. The highest BCUT2D eigenvalue weighted by Crippen LogP contribution is 2.25. The first-order chi connectivity index (χ1) is 20.6. The van der Waals surface area contributed by atoms with Gasteiger partial charge in [0.1, 0.15) is 23.3 Å². The van der Waals surface area contributed by atoms with Crippen molar-refractivity contribution in [2.24, 2.45) is 0 Å². The lowest BCUT2D eigenvalue weighted by Gasteiger charge is -2.27. The number of carbonyl (C=O) groups excluding carboxylic acids is 2. The number of amides is 2. The quantitative estimate of drug-likeness (QED) is 0.184. The minimum atomic E-state index is -0.891. The number of hydrogen-bond donors (Lipinski definition) is 1. The fourth-order valence-electron chi connectivity index (χ4n) is 4.42. The van der Waals surface area contributed by atoms with Crippen LogP contribution in [-0.4, -0.2) is 43.0 Å². The molecule has 1 N–H and O–H groups in total. The van der Waals surface area contributed by atoms with E-state index in [1.807, 2.05) is 103 Å². The lowest BCUT2D eigenvalue weighted by molar-refractivity contribution is -0.140. The van der Waals surface area contributed by atoms with Gasteiger partial charge in [-0.05, 0) is 53.4 Å². The van der Waals surface area contributed by atoms with Crippen LogP contribution < -0.4 is 14.8 Å². The summed E-state index contributed by atoms with van der Waals surface area (Å²) in [5.74, 6) is 1.24. The largest absolute Gasteiger partial charge is 0.483 e. The first kappa shape index (κ1) is 28.4. The van der Waals surface area contributed by atoms with Gasteiger partial charge in [0, 0.05) is 18.1 Å². The zero-order valence-electron chi connectivity index (χ0n) is 23.3. The van der Waals surface area contributed by atoms with Gasteiger partial charge in [-0.2, -0.15) is 0 Å². The minimum absolute atomic E-state index is 0.00639. The summed E-state index contributed by atoms with van der Waals surface area (Å²) in [4.78, 5) is 28.1. The van der Waals surface area contributed by atoms with E-state index in [4.69, 9.17) is 14.2 Å². The van der Waals surface area contributed by atoms with Gasteiger partial charge in [0.25, 0.3) is 5.91 Å². The van der Waals surface area contributed by atoms with Crippen molar-refractivity contribution in [3.8, 4) is 17.2 Å². The predicted octanol–water partition coefficient (Wildman–Crippen LogP) is 6.69. The third-order valence-corrected chi connectivity index (χ3v) is 6.75. The molecule has 0 aliphatic heterocycles. The number of hydrogen-bond acceptors (Lipinski definition) is 5. The number of rotatable bonds is 12. The van der Waals surface area contributed by atoms with Gasteiger partial charge < -0.3 is 24.4 Å². The first-order valence-electron chi connectivity index (χ1n) is 13.7. The van der Waals surface area contributed by atoms with Crippen molar-refractivity contribution in [2.45, 2.75) is 12.6 Å². The lowest BCUT2D eigenvalue weighted by atomic mass is 10.1. The van der Waals surface area contributed by atoms with Crippen LogP contribution in [0.15, 0.2) is 127 Å². The van der Waals surface area contributed by atoms with Gasteiger partial charge in [0.15, 0.2) is 6.61 Å². The normalized spacial score (nSPS) is 11.5. The van der Waals surface area contributed by atoms with Gasteiger partial charge in [-0.1, -0.05) is 84.9 Å². The van der Waals surface area contributed by atoms with Crippen LogP contribution in [0.25, 0.3) is 10.8 Å². The summed E-state index contributed by atoms with van der Waals surface area (Å²) < 4.78 is 17.7. The Morgan fingerprint density at radius 1 is 0.738 bits per heavy atom. The molecule has 5 aromatic carbocycles. The summed E-state index contributed by atoms with van der Waals surface area (Å²) in [5.41, 5.74) is 1.54. The zero-order chi connectivity index (χ0) is 29.1. The summed E-state index contributed by atoms with van der Waals surface area (Å²) in [6.45, 7) is 0.0929. The third-order valence-electron chi connectivity index (χ3n) is 6.75. The van der Waals surface area contributed by atoms with Gasteiger partial charge >= 0.3 is 0 Å². The summed E-state index contributed by atoms with van der Waals surface area (Å²) in [7, 11) is 1.59. The third kappa shape index (κ3) is 7.53.